The number of carbonyl (C=O) groups excluding carboxylic acids is 1. The van der Waals surface area contributed by atoms with Gasteiger partial charge in [0.1, 0.15) is 11.6 Å². The molecule has 0 saturated heterocycles. The Morgan fingerprint density at radius 2 is 1.95 bits per heavy atom. The van der Waals surface area contributed by atoms with Crippen LogP contribution in [-0.2, 0) is 6.42 Å². The van der Waals surface area contributed by atoms with Gasteiger partial charge < -0.3 is 5.11 Å². The second-order valence-electron chi connectivity index (χ2n) is 4.53. The van der Waals surface area contributed by atoms with E-state index in [4.69, 9.17) is 0 Å². The van der Waals surface area contributed by atoms with Crippen LogP contribution in [0.5, 0.6) is 5.75 Å². The van der Waals surface area contributed by atoms with Crippen molar-refractivity contribution in [1.82, 2.24) is 0 Å². The number of phenols is 1. The molecule has 1 aliphatic carbocycles. The molecule has 0 amide bonds. The molecule has 0 bridgehead atoms. The van der Waals surface area contributed by atoms with E-state index in [2.05, 4.69) is 0 Å². The number of ketones is 1. The van der Waals surface area contributed by atoms with Crippen molar-refractivity contribution in [3.63, 3.8) is 0 Å². The van der Waals surface area contributed by atoms with E-state index in [0.29, 0.717) is 28.7 Å². The van der Waals surface area contributed by atoms with Crippen LogP contribution >= 0.6 is 0 Å². The topological polar surface area (TPSA) is 37.3 Å². The monoisotopic (exact) mass is 254 g/mol. The van der Waals surface area contributed by atoms with Gasteiger partial charge in [-0.05, 0) is 29.8 Å². The zero-order valence-electron chi connectivity index (χ0n) is 10.1. The van der Waals surface area contributed by atoms with Gasteiger partial charge in [0.2, 0.25) is 0 Å². The van der Waals surface area contributed by atoms with E-state index in [1.165, 1.54) is 12.1 Å². The fourth-order valence-electron chi connectivity index (χ4n) is 2.33. The van der Waals surface area contributed by atoms with Crippen LogP contribution < -0.4 is 0 Å². The van der Waals surface area contributed by atoms with Gasteiger partial charge in [-0.25, -0.2) is 4.39 Å². The number of hydrogen-bond acceptors (Lipinski definition) is 2. The van der Waals surface area contributed by atoms with Crippen molar-refractivity contribution in [3.05, 3.63) is 70.5 Å². The van der Waals surface area contributed by atoms with Gasteiger partial charge >= 0.3 is 0 Å². The average molecular weight is 254 g/mol. The van der Waals surface area contributed by atoms with Crippen LogP contribution in [-0.4, -0.2) is 10.9 Å². The second kappa shape index (κ2) is 4.35. The lowest BCUT2D eigenvalue weighted by Crippen LogP contribution is -1.95. The zero-order valence-corrected chi connectivity index (χ0v) is 10.1. The van der Waals surface area contributed by atoms with E-state index in [-0.39, 0.29) is 17.3 Å². The summed E-state index contributed by atoms with van der Waals surface area (Å²) in [6.07, 6.45) is 2.06. The van der Waals surface area contributed by atoms with Crippen LogP contribution in [0, 0.1) is 5.82 Å². The Morgan fingerprint density at radius 3 is 2.68 bits per heavy atom. The Kier molecular flexibility index (Phi) is 2.67. The minimum absolute atomic E-state index is 0.102. The summed E-state index contributed by atoms with van der Waals surface area (Å²) in [5.41, 5.74) is 2.40. The number of halogens is 1. The first-order chi connectivity index (χ1) is 9.15. The highest BCUT2D eigenvalue weighted by molar-refractivity contribution is 6.16. The Labute approximate surface area is 109 Å². The number of rotatable bonds is 1. The fraction of sp³-hybridized carbons (Fsp3) is 0.0625. The van der Waals surface area contributed by atoms with Gasteiger partial charge in [0, 0.05) is 23.1 Å². The molecule has 0 saturated carbocycles. The minimum Gasteiger partial charge on any atom is -0.508 e. The average Bonchev–Trinajstić information content (AvgIpc) is 2.69. The number of fused-ring (bicyclic) bond motifs is 1. The minimum atomic E-state index is -0.333. The van der Waals surface area contributed by atoms with Crippen LogP contribution in [0.25, 0.3) is 6.08 Å². The molecule has 2 nitrogen and oxygen atoms in total. The molecule has 3 rings (SSSR count). The normalized spacial score (nSPS) is 15.8. The number of aromatic hydroxyl groups is 1. The van der Waals surface area contributed by atoms with Crippen molar-refractivity contribution in [1.29, 1.82) is 0 Å². The quantitative estimate of drug-likeness (QED) is 0.792. The summed E-state index contributed by atoms with van der Waals surface area (Å²) in [6, 6.07) is 11.0. The molecular formula is C16H11FO2. The van der Waals surface area contributed by atoms with Crippen LogP contribution in [0.1, 0.15) is 21.5 Å². The highest BCUT2D eigenvalue weighted by atomic mass is 19.1. The Hall–Kier alpha value is -2.42. The van der Waals surface area contributed by atoms with E-state index in [1.54, 1.807) is 36.4 Å². The SMILES string of the molecule is O=C1/C(=C/c2cccc(F)c2)Cc2c(O)cccc21. The molecule has 2 aromatic carbocycles. The molecule has 0 spiro atoms. The molecule has 0 aliphatic heterocycles. The molecule has 0 unspecified atom stereocenters. The number of carbonyl (C=O) groups is 1. The van der Waals surface area contributed by atoms with Crippen LogP contribution in [0.2, 0.25) is 0 Å². The smallest absolute Gasteiger partial charge is 0.189 e. The van der Waals surface area contributed by atoms with Crippen molar-refractivity contribution in [2.45, 2.75) is 6.42 Å². The van der Waals surface area contributed by atoms with Crippen LogP contribution in [0.4, 0.5) is 4.39 Å². The lowest BCUT2D eigenvalue weighted by molar-refractivity contribution is 0.104. The zero-order chi connectivity index (χ0) is 13.4. The highest BCUT2D eigenvalue weighted by Gasteiger charge is 2.26. The lowest BCUT2D eigenvalue weighted by Gasteiger charge is -1.98. The van der Waals surface area contributed by atoms with Crippen molar-refractivity contribution >= 4 is 11.9 Å². The standard InChI is InChI=1S/C16H11FO2/c17-12-4-1-3-10(8-12)7-11-9-14-13(16(11)19)5-2-6-15(14)18/h1-8,18H,9H2/b11-7+. The Balaban J connectivity index is 2.02. The summed E-state index contributed by atoms with van der Waals surface area (Å²) in [5, 5.41) is 9.74. The first-order valence-electron chi connectivity index (χ1n) is 5.97. The summed E-state index contributed by atoms with van der Waals surface area (Å²) in [7, 11) is 0. The van der Waals surface area contributed by atoms with Crippen LogP contribution in [0.3, 0.4) is 0 Å². The predicted molar refractivity (Wildman–Crippen MR) is 70.5 cm³/mol. The van der Waals surface area contributed by atoms with E-state index in [1.807, 2.05) is 0 Å². The summed E-state index contributed by atoms with van der Waals surface area (Å²) in [5.74, 6) is -0.302. The van der Waals surface area contributed by atoms with Gasteiger partial charge in [-0.1, -0.05) is 24.3 Å². The second-order valence-corrected chi connectivity index (χ2v) is 4.53. The van der Waals surface area contributed by atoms with E-state index in [0.717, 1.165) is 0 Å². The van der Waals surface area contributed by atoms with Crippen molar-refractivity contribution in [2.24, 2.45) is 0 Å². The molecule has 19 heavy (non-hydrogen) atoms. The third-order valence-electron chi connectivity index (χ3n) is 3.24. The molecular weight excluding hydrogens is 243 g/mol. The molecule has 0 radical (unpaired) electrons. The molecule has 1 N–H and O–H groups in total. The first kappa shape index (κ1) is 11.7. The Morgan fingerprint density at radius 1 is 1.16 bits per heavy atom. The summed E-state index contributed by atoms with van der Waals surface area (Å²) < 4.78 is 13.1. The number of hydrogen-bond donors (Lipinski definition) is 1. The number of phenolic OH excluding ortho intramolecular Hbond substituents is 1. The molecule has 0 fully saturated rings. The highest BCUT2D eigenvalue weighted by Crippen LogP contribution is 2.33. The van der Waals surface area contributed by atoms with Gasteiger partial charge in [0.25, 0.3) is 0 Å². The molecule has 0 aromatic heterocycles. The maximum absolute atomic E-state index is 13.1. The van der Waals surface area contributed by atoms with E-state index in [9.17, 15) is 14.3 Å². The summed E-state index contributed by atoms with van der Waals surface area (Å²) in [6.45, 7) is 0. The van der Waals surface area contributed by atoms with E-state index >= 15 is 0 Å². The molecule has 3 heteroatoms. The first-order valence-corrected chi connectivity index (χ1v) is 5.97. The van der Waals surface area contributed by atoms with E-state index < -0.39 is 0 Å². The van der Waals surface area contributed by atoms with Crippen molar-refractivity contribution in [2.75, 3.05) is 0 Å². The van der Waals surface area contributed by atoms with Gasteiger partial charge in [-0.3, -0.25) is 4.79 Å². The molecule has 0 atom stereocenters. The van der Waals surface area contributed by atoms with Crippen LogP contribution in [0.15, 0.2) is 48.0 Å². The van der Waals surface area contributed by atoms with Gasteiger partial charge in [-0.2, -0.15) is 0 Å². The summed E-state index contributed by atoms with van der Waals surface area (Å²) in [4.78, 5) is 12.2. The van der Waals surface area contributed by atoms with Crippen molar-refractivity contribution < 1.29 is 14.3 Å². The van der Waals surface area contributed by atoms with Crippen molar-refractivity contribution in [3.8, 4) is 5.75 Å². The molecule has 0 heterocycles. The Bertz CT molecular complexity index is 702. The maximum Gasteiger partial charge on any atom is 0.189 e. The number of allylic oxidation sites excluding steroid dienone is 1. The van der Waals surface area contributed by atoms with Gasteiger partial charge in [-0.15, -0.1) is 0 Å². The number of benzene rings is 2. The summed E-state index contributed by atoms with van der Waals surface area (Å²) >= 11 is 0. The predicted octanol–water partition coefficient (Wildman–Crippen LogP) is 3.35. The third kappa shape index (κ3) is 2.03. The van der Waals surface area contributed by atoms with Gasteiger partial charge in [0.05, 0.1) is 0 Å². The largest absolute Gasteiger partial charge is 0.508 e. The third-order valence-corrected chi connectivity index (χ3v) is 3.24. The van der Waals surface area contributed by atoms with Gasteiger partial charge in [0.15, 0.2) is 5.78 Å². The fourth-order valence-corrected chi connectivity index (χ4v) is 2.33. The number of Topliss-reactive ketones (excluding diaryl/α,β-unsaturated/α-hetero) is 1. The lowest BCUT2D eigenvalue weighted by atomic mass is 10.1. The molecule has 2 aromatic rings. The molecule has 1 aliphatic rings. The maximum atomic E-state index is 13.1. The molecule has 94 valence electrons.